The molecule has 0 atom stereocenters. The number of Topliss-reactive ketones (excluding diaryl/α,β-unsaturated/α-hetero) is 1. The number of ketones is 1. The molecule has 0 fully saturated rings. The lowest BCUT2D eigenvalue weighted by atomic mass is 10.1. The number of rotatable bonds is 8. The molecule has 0 aliphatic rings. The van der Waals surface area contributed by atoms with Gasteiger partial charge in [0, 0.05) is 23.5 Å². The molecule has 0 bridgehead atoms. The SMILES string of the molecule is CCc1ccc(C(=O)COC(=O)C(C#N)=Cc2cc(C)n(CC(C)C)c2C)cc1. The third-order valence-electron chi connectivity index (χ3n) is 4.82. The summed E-state index contributed by atoms with van der Waals surface area (Å²) in [6, 6.07) is 11.0. The summed E-state index contributed by atoms with van der Waals surface area (Å²) >= 11 is 0. The summed E-state index contributed by atoms with van der Waals surface area (Å²) in [5.41, 5.74) is 4.35. The van der Waals surface area contributed by atoms with Crippen molar-refractivity contribution in [2.24, 2.45) is 5.92 Å². The van der Waals surface area contributed by atoms with Gasteiger partial charge in [-0.25, -0.2) is 4.79 Å². The topological polar surface area (TPSA) is 72.1 Å². The van der Waals surface area contributed by atoms with Crippen molar-refractivity contribution in [1.29, 1.82) is 5.26 Å². The van der Waals surface area contributed by atoms with Crippen molar-refractivity contribution in [3.8, 4) is 6.07 Å². The van der Waals surface area contributed by atoms with E-state index in [2.05, 4.69) is 18.4 Å². The quantitative estimate of drug-likeness (QED) is 0.284. The van der Waals surface area contributed by atoms with E-state index in [1.165, 1.54) is 6.08 Å². The maximum atomic E-state index is 12.3. The van der Waals surface area contributed by atoms with E-state index < -0.39 is 12.6 Å². The smallest absolute Gasteiger partial charge is 0.349 e. The van der Waals surface area contributed by atoms with E-state index in [0.29, 0.717) is 11.5 Å². The summed E-state index contributed by atoms with van der Waals surface area (Å²) in [4.78, 5) is 24.6. The Morgan fingerprint density at radius 2 is 1.86 bits per heavy atom. The Hall–Kier alpha value is -3.13. The van der Waals surface area contributed by atoms with Gasteiger partial charge in [0.1, 0.15) is 11.6 Å². The minimum Gasteiger partial charge on any atom is -0.453 e. The van der Waals surface area contributed by atoms with E-state index in [-0.39, 0.29) is 11.4 Å². The van der Waals surface area contributed by atoms with Crippen LogP contribution < -0.4 is 0 Å². The first kappa shape index (κ1) is 22.2. The van der Waals surface area contributed by atoms with Gasteiger partial charge in [-0.05, 0) is 49.5 Å². The summed E-state index contributed by atoms with van der Waals surface area (Å²) in [5.74, 6) is -0.609. The van der Waals surface area contributed by atoms with Crippen LogP contribution in [0, 0.1) is 31.1 Å². The van der Waals surface area contributed by atoms with Crippen molar-refractivity contribution in [2.45, 2.75) is 47.6 Å². The third kappa shape index (κ3) is 5.68. The molecular weight excluding hydrogens is 364 g/mol. The van der Waals surface area contributed by atoms with Gasteiger partial charge in [0.25, 0.3) is 0 Å². The van der Waals surface area contributed by atoms with Crippen LogP contribution in [0.2, 0.25) is 0 Å². The van der Waals surface area contributed by atoms with Crippen LogP contribution in [-0.2, 0) is 22.5 Å². The van der Waals surface area contributed by atoms with Crippen molar-refractivity contribution in [2.75, 3.05) is 6.61 Å². The maximum absolute atomic E-state index is 12.3. The average Bonchev–Trinajstić information content (AvgIpc) is 2.96. The van der Waals surface area contributed by atoms with Gasteiger partial charge in [-0.3, -0.25) is 4.79 Å². The molecule has 5 heteroatoms. The second-order valence-corrected chi connectivity index (χ2v) is 7.55. The van der Waals surface area contributed by atoms with Crippen molar-refractivity contribution in [3.63, 3.8) is 0 Å². The number of aryl methyl sites for hydroxylation is 2. The van der Waals surface area contributed by atoms with Crippen molar-refractivity contribution in [3.05, 3.63) is 64.0 Å². The highest BCUT2D eigenvalue weighted by Crippen LogP contribution is 2.20. The number of nitrogens with zero attached hydrogens (tertiary/aromatic N) is 2. The first-order valence-corrected chi connectivity index (χ1v) is 9.84. The van der Waals surface area contributed by atoms with Crippen molar-refractivity contribution in [1.82, 2.24) is 4.57 Å². The van der Waals surface area contributed by atoms with Gasteiger partial charge in [0.05, 0.1) is 0 Å². The Labute approximate surface area is 172 Å². The fraction of sp³-hybridized carbons (Fsp3) is 0.375. The molecule has 0 unspecified atom stereocenters. The van der Waals surface area contributed by atoms with Crippen LogP contribution in [0.25, 0.3) is 6.08 Å². The fourth-order valence-corrected chi connectivity index (χ4v) is 3.13. The Kier molecular flexibility index (Phi) is 7.55. The molecule has 0 amide bonds. The van der Waals surface area contributed by atoms with Crippen LogP contribution in [-0.4, -0.2) is 22.9 Å². The van der Waals surface area contributed by atoms with Crippen LogP contribution in [0.5, 0.6) is 0 Å². The first-order chi connectivity index (χ1) is 13.8. The second-order valence-electron chi connectivity index (χ2n) is 7.55. The summed E-state index contributed by atoms with van der Waals surface area (Å²) in [7, 11) is 0. The molecule has 2 rings (SSSR count). The maximum Gasteiger partial charge on any atom is 0.349 e. The highest BCUT2D eigenvalue weighted by molar-refractivity contribution is 6.02. The van der Waals surface area contributed by atoms with Crippen LogP contribution in [0.3, 0.4) is 0 Å². The number of nitriles is 1. The molecule has 0 radical (unpaired) electrons. The van der Waals surface area contributed by atoms with E-state index in [9.17, 15) is 14.9 Å². The summed E-state index contributed by atoms with van der Waals surface area (Å²) in [5, 5.41) is 9.40. The molecule has 1 heterocycles. The number of carbonyl (C=O) groups excluding carboxylic acids is 2. The Morgan fingerprint density at radius 3 is 2.41 bits per heavy atom. The lowest BCUT2D eigenvalue weighted by Crippen LogP contribution is -2.15. The number of ether oxygens (including phenoxy) is 1. The van der Waals surface area contributed by atoms with Crippen LogP contribution in [0.1, 0.15) is 53.6 Å². The zero-order chi connectivity index (χ0) is 21.6. The summed E-state index contributed by atoms with van der Waals surface area (Å²) in [6.45, 7) is 10.7. The van der Waals surface area contributed by atoms with Gasteiger partial charge in [-0.15, -0.1) is 0 Å². The van der Waals surface area contributed by atoms with Gasteiger partial charge >= 0.3 is 5.97 Å². The number of aromatic nitrogens is 1. The van der Waals surface area contributed by atoms with E-state index in [0.717, 1.165) is 35.5 Å². The van der Waals surface area contributed by atoms with E-state index in [1.807, 2.05) is 45.0 Å². The molecule has 152 valence electrons. The highest BCUT2D eigenvalue weighted by Gasteiger charge is 2.16. The van der Waals surface area contributed by atoms with Crippen LogP contribution in [0.15, 0.2) is 35.9 Å². The molecule has 1 aromatic heterocycles. The molecule has 0 aliphatic heterocycles. The zero-order valence-electron chi connectivity index (χ0n) is 17.8. The first-order valence-electron chi connectivity index (χ1n) is 9.84. The highest BCUT2D eigenvalue weighted by atomic mass is 16.5. The van der Waals surface area contributed by atoms with E-state index >= 15 is 0 Å². The second kappa shape index (κ2) is 9.88. The molecular formula is C24H28N2O3. The molecule has 2 aromatic rings. The van der Waals surface area contributed by atoms with E-state index in [4.69, 9.17) is 4.74 Å². The van der Waals surface area contributed by atoms with E-state index in [1.54, 1.807) is 12.1 Å². The van der Waals surface area contributed by atoms with Crippen molar-refractivity contribution >= 4 is 17.8 Å². The van der Waals surface area contributed by atoms with Gasteiger partial charge in [-0.2, -0.15) is 5.26 Å². The molecule has 0 N–H and O–H groups in total. The fourth-order valence-electron chi connectivity index (χ4n) is 3.13. The molecule has 1 aromatic carbocycles. The Bertz CT molecular complexity index is 957. The molecule has 5 nitrogen and oxygen atoms in total. The Balaban J connectivity index is 2.10. The lowest BCUT2D eigenvalue weighted by Gasteiger charge is -2.12. The standard InChI is InChI=1S/C24H28N2O3/c1-6-19-7-9-20(10-8-19)23(27)15-29-24(28)22(13-25)12-21-11-17(4)26(18(21)5)14-16(2)3/h7-12,16H,6,14-15H2,1-5H3. The number of carbonyl (C=O) groups is 2. The minimum atomic E-state index is -0.792. The molecule has 0 saturated heterocycles. The molecule has 29 heavy (non-hydrogen) atoms. The minimum absolute atomic E-state index is 0.121. The average molecular weight is 392 g/mol. The predicted octanol–water partition coefficient (Wildman–Crippen LogP) is 4.66. The van der Waals surface area contributed by atoms with Gasteiger partial charge in [-0.1, -0.05) is 45.0 Å². The molecule has 0 aliphatic carbocycles. The number of hydrogen-bond acceptors (Lipinski definition) is 4. The monoisotopic (exact) mass is 392 g/mol. The Morgan fingerprint density at radius 1 is 1.21 bits per heavy atom. The van der Waals surface area contributed by atoms with Crippen LogP contribution >= 0.6 is 0 Å². The number of esters is 1. The number of hydrogen-bond donors (Lipinski definition) is 0. The normalized spacial score (nSPS) is 11.4. The summed E-state index contributed by atoms with van der Waals surface area (Å²) < 4.78 is 7.26. The van der Waals surface area contributed by atoms with Gasteiger partial charge in [0.2, 0.25) is 0 Å². The van der Waals surface area contributed by atoms with Crippen molar-refractivity contribution < 1.29 is 14.3 Å². The summed E-state index contributed by atoms with van der Waals surface area (Å²) in [6.07, 6.45) is 2.42. The third-order valence-corrected chi connectivity index (χ3v) is 4.82. The molecule has 0 spiro atoms. The van der Waals surface area contributed by atoms with Crippen LogP contribution in [0.4, 0.5) is 0 Å². The number of benzene rings is 1. The zero-order valence-corrected chi connectivity index (χ0v) is 17.8. The predicted molar refractivity (Wildman–Crippen MR) is 113 cm³/mol. The largest absolute Gasteiger partial charge is 0.453 e. The van der Waals surface area contributed by atoms with Gasteiger partial charge < -0.3 is 9.30 Å². The van der Waals surface area contributed by atoms with Gasteiger partial charge in [0.15, 0.2) is 12.4 Å². The molecule has 0 saturated carbocycles. The lowest BCUT2D eigenvalue weighted by molar-refractivity contribution is -0.137.